The summed E-state index contributed by atoms with van der Waals surface area (Å²) in [5.41, 5.74) is 5.30. The van der Waals surface area contributed by atoms with E-state index in [1.54, 1.807) is 4.90 Å². The molecule has 14 heteroatoms. The monoisotopic (exact) mass is 686 g/mol. The van der Waals surface area contributed by atoms with Gasteiger partial charge in [-0.25, -0.2) is 18.0 Å². The van der Waals surface area contributed by atoms with Crippen molar-refractivity contribution in [3.05, 3.63) is 59.5 Å². The Morgan fingerprint density at radius 1 is 1.29 bits per heavy atom. The minimum Gasteiger partial charge on any atom is -0.461 e. The third-order valence-electron chi connectivity index (χ3n) is 10.1. The summed E-state index contributed by atoms with van der Waals surface area (Å²) >= 11 is 0.882. The maximum Gasteiger partial charge on any atom is 0.319 e. The van der Waals surface area contributed by atoms with E-state index < -0.39 is 23.3 Å². The van der Waals surface area contributed by atoms with Crippen LogP contribution in [0.1, 0.15) is 38.7 Å². The Labute approximate surface area is 285 Å². The van der Waals surface area contributed by atoms with Crippen molar-refractivity contribution in [1.29, 1.82) is 5.26 Å². The van der Waals surface area contributed by atoms with Crippen LogP contribution in [0.25, 0.3) is 37.0 Å². The topological polar surface area (TPSA) is 116 Å². The molecular formula is C35H33F3N8O2S. The van der Waals surface area contributed by atoms with Crippen LogP contribution in [0.3, 0.4) is 0 Å². The van der Waals surface area contributed by atoms with Crippen LogP contribution in [0.15, 0.2) is 30.9 Å². The highest BCUT2D eigenvalue weighted by Gasteiger charge is 2.49. The molecule has 0 bridgehead atoms. The second kappa shape index (κ2) is 12.2. The summed E-state index contributed by atoms with van der Waals surface area (Å²) < 4.78 is 53.0. The molecule has 2 aromatic carbocycles. The fourth-order valence-electron chi connectivity index (χ4n) is 7.81. The molecule has 0 radical (unpaired) electrons. The van der Waals surface area contributed by atoms with Gasteiger partial charge in [-0.05, 0) is 57.0 Å². The molecule has 2 N–H and O–H groups in total. The molecule has 3 saturated heterocycles. The number of thiophene rings is 1. The van der Waals surface area contributed by atoms with Crippen LogP contribution in [0.4, 0.5) is 29.7 Å². The lowest BCUT2D eigenvalue weighted by Gasteiger charge is -2.44. The second-order valence-electron chi connectivity index (χ2n) is 13.1. The van der Waals surface area contributed by atoms with Crippen molar-refractivity contribution in [3.63, 3.8) is 0 Å². The molecule has 3 aliphatic rings. The standard InChI is InChI=1S/C35H33F3N8O2S/c1-5-25(47)45-14-19(3)46(15-18(45)2)33-23-11-20(13-39)26(22-7-8-24(37)31-27(22)30(41-4)32(40)49-31)28(38)29(23)42-34(43-33)48-17-35-9-6-10-44(35)16-21(36)12-35/h5,7-8,11,18-19,21H,1,6,9-10,12,14-17,40H2,2-3H3/t18-,19+,21-,35+/m1/s1. The van der Waals surface area contributed by atoms with Gasteiger partial charge in [0.15, 0.2) is 5.82 Å². The van der Waals surface area contributed by atoms with E-state index in [0.717, 1.165) is 36.8 Å². The van der Waals surface area contributed by atoms with E-state index in [2.05, 4.69) is 27.4 Å². The largest absolute Gasteiger partial charge is 0.461 e. The highest BCUT2D eigenvalue weighted by atomic mass is 32.1. The lowest BCUT2D eigenvalue weighted by Crippen LogP contribution is -2.58. The summed E-state index contributed by atoms with van der Waals surface area (Å²) in [4.78, 5) is 31.2. The molecule has 3 aliphatic heterocycles. The van der Waals surface area contributed by atoms with Crippen LogP contribution in [0.2, 0.25) is 0 Å². The fraction of sp³-hybridized carbons (Fsp3) is 0.400. The number of alkyl halides is 1. The first-order chi connectivity index (χ1) is 23.5. The number of piperazine rings is 1. The van der Waals surface area contributed by atoms with Gasteiger partial charge in [-0.15, -0.1) is 11.3 Å². The van der Waals surface area contributed by atoms with Gasteiger partial charge in [0.05, 0.1) is 33.4 Å². The molecule has 4 atom stereocenters. The van der Waals surface area contributed by atoms with E-state index in [-0.39, 0.29) is 79.0 Å². The third-order valence-corrected chi connectivity index (χ3v) is 11.1. The van der Waals surface area contributed by atoms with E-state index in [1.165, 1.54) is 18.2 Å². The van der Waals surface area contributed by atoms with E-state index in [0.29, 0.717) is 31.9 Å². The predicted molar refractivity (Wildman–Crippen MR) is 182 cm³/mol. The highest BCUT2D eigenvalue weighted by Crippen LogP contribution is 2.48. The summed E-state index contributed by atoms with van der Waals surface area (Å²) in [5.74, 6) is -1.39. The first-order valence-corrected chi connectivity index (χ1v) is 16.9. The minimum absolute atomic E-state index is 0.0249. The lowest BCUT2D eigenvalue weighted by atomic mass is 9.94. The molecule has 10 nitrogen and oxygen atoms in total. The van der Waals surface area contributed by atoms with Gasteiger partial charge in [0, 0.05) is 54.5 Å². The zero-order valence-electron chi connectivity index (χ0n) is 27.0. The smallest absolute Gasteiger partial charge is 0.319 e. The molecule has 2 aromatic heterocycles. The number of anilines is 2. The molecule has 3 fully saturated rings. The molecule has 1 amide bonds. The number of nitriles is 1. The van der Waals surface area contributed by atoms with Crippen LogP contribution in [-0.4, -0.2) is 82.3 Å². The number of carbonyl (C=O) groups excluding carboxylic acids is 1. The molecule has 0 saturated carbocycles. The Morgan fingerprint density at radius 2 is 2.08 bits per heavy atom. The number of hydrogen-bond donors (Lipinski definition) is 1. The molecular weight excluding hydrogens is 654 g/mol. The average Bonchev–Trinajstić information content (AvgIpc) is 3.73. The van der Waals surface area contributed by atoms with Gasteiger partial charge in [-0.1, -0.05) is 12.6 Å². The van der Waals surface area contributed by atoms with Crippen molar-refractivity contribution in [2.45, 2.75) is 56.9 Å². The van der Waals surface area contributed by atoms with Crippen molar-refractivity contribution in [3.8, 4) is 23.2 Å². The van der Waals surface area contributed by atoms with Gasteiger partial charge in [0.25, 0.3) is 0 Å². The number of carbonyl (C=O) groups is 1. The molecule has 5 heterocycles. The van der Waals surface area contributed by atoms with Gasteiger partial charge < -0.3 is 20.3 Å². The number of nitrogens with zero attached hydrogens (tertiary/aromatic N) is 7. The molecule has 0 spiro atoms. The Balaban J connectivity index is 1.42. The number of amides is 1. The normalized spacial score (nSPS) is 23.9. The molecule has 0 unspecified atom stereocenters. The van der Waals surface area contributed by atoms with Crippen LogP contribution in [0.5, 0.6) is 6.01 Å². The second-order valence-corrected chi connectivity index (χ2v) is 14.1. The average molecular weight is 687 g/mol. The number of ether oxygens (including phenoxy) is 1. The quantitative estimate of drug-likeness (QED) is 0.184. The summed E-state index contributed by atoms with van der Waals surface area (Å²) in [6.45, 7) is 17.0. The van der Waals surface area contributed by atoms with Crippen molar-refractivity contribution < 1.29 is 22.7 Å². The highest BCUT2D eigenvalue weighted by molar-refractivity contribution is 7.23. The minimum atomic E-state index is -0.975. The SMILES string of the molecule is [C-]#[N+]c1c(N)sc2c(F)ccc(-c3c(C#N)cc4c(N5C[C@@H](C)N(C(=O)C=C)C[C@@H]5C)nc(OC[C@@]56CCCN5C[C@H](F)C6)nc4c3F)c12. The van der Waals surface area contributed by atoms with Crippen LogP contribution in [0, 0.1) is 29.5 Å². The Bertz CT molecular complexity index is 2130. The first-order valence-electron chi connectivity index (χ1n) is 16.0. The molecule has 252 valence electrons. The van der Waals surface area contributed by atoms with Crippen LogP contribution >= 0.6 is 11.3 Å². The summed E-state index contributed by atoms with van der Waals surface area (Å²) in [6.07, 6.45) is 2.27. The maximum absolute atomic E-state index is 17.2. The molecule has 0 aliphatic carbocycles. The summed E-state index contributed by atoms with van der Waals surface area (Å²) in [6, 6.07) is 5.42. The predicted octanol–water partition coefficient (Wildman–Crippen LogP) is 6.36. The van der Waals surface area contributed by atoms with Crippen LogP contribution < -0.4 is 15.4 Å². The fourth-order valence-corrected chi connectivity index (χ4v) is 8.75. The van der Waals surface area contributed by atoms with Crippen molar-refractivity contribution in [2.24, 2.45) is 0 Å². The van der Waals surface area contributed by atoms with E-state index in [9.17, 15) is 18.8 Å². The van der Waals surface area contributed by atoms with Crippen molar-refractivity contribution in [1.82, 2.24) is 19.8 Å². The van der Waals surface area contributed by atoms with E-state index >= 15 is 4.39 Å². The molecule has 4 aromatic rings. The Kier molecular flexibility index (Phi) is 8.12. The number of nitrogen functional groups attached to an aromatic ring is 1. The maximum atomic E-state index is 17.2. The Morgan fingerprint density at radius 3 is 2.82 bits per heavy atom. The number of halogens is 3. The van der Waals surface area contributed by atoms with Crippen LogP contribution in [-0.2, 0) is 4.79 Å². The number of hydrogen-bond acceptors (Lipinski definition) is 9. The Hall–Kier alpha value is -4.92. The van der Waals surface area contributed by atoms with Gasteiger partial charge in [-0.2, -0.15) is 15.2 Å². The van der Waals surface area contributed by atoms with Gasteiger partial charge >= 0.3 is 6.01 Å². The number of rotatable bonds is 6. The van der Waals surface area contributed by atoms with Gasteiger partial charge in [0.1, 0.15) is 29.9 Å². The summed E-state index contributed by atoms with van der Waals surface area (Å²) in [7, 11) is 0. The number of fused-ring (bicyclic) bond motifs is 3. The van der Waals surface area contributed by atoms with E-state index in [4.69, 9.17) is 22.0 Å². The zero-order valence-corrected chi connectivity index (χ0v) is 27.8. The first kappa shape index (κ1) is 32.6. The van der Waals surface area contributed by atoms with Crippen molar-refractivity contribution in [2.75, 3.05) is 43.4 Å². The lowest BCUT2D eigenvalue weighted by molar-refractivity contribution is -0.128. The van der Waals surface area contributed by atoms with Gasteiger partial charge in [0.2, 0.25) is 11.6 Å². The zero-order chi connectivity index (χ0) is 34.8. The number of benzene rings is 2. The third kappa shape index (κ3) is 5.21. The molecule has 7 rings (SSSR count). The van der Waals surface area contributed by atoms with E-state index in [1.807, 2.05) is 18.7 Å². The van der Waals surface area contributed by atoms with Crippen molar-refractivity contribution >= 4 is 54.7 Å². The molecule has 49 heavy (non-hydrogen) atoms. The number of aromatic nitrogens is 2. The summed E-state index contributed by atoms with van der Waals surface area (Å²) in [5, 5.41) is 10.8. The number of nitrogens with two attached hydrogens (primary N) is 1. The van der Waals surface area contributed by atoms with Gasteiger partial charge in [-0.3, -0.25) is 9.69 Å².